The number of nitrogens with one attached hydrogen (secondary N) is 3. The van der Waals surface area contributed by atoms with Gasteiger partial charge in [-0.2, -0.15) is 0 Å². The van der Waals surface area contributed by atoms with E-state index in [9.17, 15) is 22.9 Å². The third kappa shape index (κ3) is 11.4. The van der Waals surface area contributed by atoms with E-state index in [-0.39, 0.29) is 12.0 Å². The first-order valence-electron chi connectivity index (χ1n) is 9.98. The Morgan fingerprint density at radius 3 is 1.89 bits per heavy atom. The van der Waals surface area contributed by atoms with Gasteiger partial charge in [0.2, 0.25) is 6.41 Å². The number of amides is 2. The van der Waals surface area contributed by atoms with Gasteiger partial charge < -0.3 is 15.1 Å². The average molecular weight is 510 g/mol. The van der Waals surface area contributed by atoms with E-state index < -0.39 is 35.0 Å². The summed E-state index contributed by atoms with van der Waals surface area (Å²) in [6, 6.07) is 12.4. The molecule has 5 N–H and O–H groups in total. The third-order valence-electron chi connectivity index (χ3n) is 4.36. The van der Waals surface area contributed by atoms with E-state index in [0.29, 0.717) is 5.56 Å². The van der Waals surface area contributed by atoms with Gasteiger partial charge in [-0.15, -0.1) is 13.2 Å². The van der Waals surface area contributed by atoms with Crippen LogP contribution in [-0.2, 0) is 15.8 Å². The topological polar surface area (TPSA) is 128 Å². The van der Waals surface area contributed by atoms with Gasteiger partial charge in [0.1, 0.15) is 16.6 Å². The van der Waals surface area contributed by atoms with Crippen LogP contribution in [0.25, 0.3) is 0 Å². The monoisotopic (exact) mass is 509 g/mol. The Balaban J connectivity index is 0.00000174. The minimum Gasteiger partial charge on any atom is -0.382 e. The van der Waals surface area contributed by atoms with Gasteiger partial charge in [-0.25, -0.2) is 18.5 Å². The van der Waals surface area contributed by atoms with Crippen LogP contribution in [0.4, 0.5) is 14.5 Å². The smallest absolute Gasteiger partial charge is 0.268 e. The van der Waals surface area contributed by atoms with E-state index in [4.69, 9.17) is 10.0 Å². The van der Waals surface area contributed by atoms with Crippen molar-refractivity contribution >= 4 is 29.0 Å². The molecule has 35 heavy (non-hydrogen) atoms. The maximum absolute atomic E-state index is 12.8. The number of aliphatic hydroxyl groups is 1. The van der Waals surface area contributed by atoms with Crippen LogP contribution in [0.15, 0.2) is 61.7 Å². The molecule has 0 aliphatic rings. The lowest BCUT2D eigenvalue weighted by molar-refractivity contribution is -0.116. The van der Waals surface area contributed by atoms with E-state index in [2.05, 4.69) is 35.0 Å². The number of anilines is 1. The van der Waals surface area contributed by atoms with Crippen molar-refractivity contribution in [1.29, 1.82) is 0 Å². The molecule has 0 radical (unpaired) electrons. The second kappa shape index (κ2) is 16.1. The standard InChI is InChI=1S/C21H22F2N2O3S.C2H4.CH3NO2/c1-14(21(2,27)20(22)23)24-19(26)17-10-6-15(7-11-17)4-5-16-8-12-18(13-9-16)25-29(3)28;1-2;3-1-2-4/h6-14,20,25,27H,1-3H3,(H,24,26);1-2H2;1,4H,(H,2,3). The lowest BCUT2D eigenvalue weighted by Gasteiger charge is -2.29. The molecule has 2 rings (SSSR count). The number of benzene rings is 2. The third-order valence-corrected chi connectivity index (χ3v) is 4.89. The van der Waals surface area contributed by atoms with Crippen LogP contribution in [-0.4, -0.2) is 51.2 Å². The molecule has 0 bridgehead atoms. The zero-order chi connectivity index (χ0) is 27.0. The average Bonchev–Trinajstić information content (AvgIpc) is 2.84. The molecule has 190 valence electrons. The Labute approximate surface area is 206 Å². The molecule has 2 amide bonds. The molecule has 0 saturated carbocycles. The van der Waals surface area contributed by atoms with E-state index in [1.807, 2.05) is 0 Å². The Morgan fingerprint density at radius 2 is 1.51 bits per heavy atom. The first kappa shape index (κ1) is 31.4. The number of halogens is 2. The summed E-state index contributed by atoms with van der Waals surface area (Å²) in [5.41, 5.74) is 1.37. The molecule has 8 nitrogen and oxygen atoms in total. The fourth-order valence-corrected chi connectivity index (χ4v) is 2.72. The fourth-order valence-electron chi connectivity index (χ4n) is 2.25. The molecule has 0 aliphatic carbocycles. The maximum Gasteiger partial charge on any atom is 0.268 e. The van der Waals surface area contributed by atoms with E-state index in [1.165, 1.54) is 24.5 Å². The quantitative estimate of drug-likeness (QED) is 0.129. The minimum absolute atomic E-state index is 0.181. The number of hydrogen-bond acceptors (Lipinski definition) is 5. The Morgan fingerprint density at radius 1 is 1.09 bits per heavy atom. The summed E-state index contributed by atoms with van der Waals surface area (Å²) in [5.74, 6) is 5.39. The highest BCUT2D eigenvalue weighted by Gasteiger charge is 2.39. The molecule has 11 heteroatoms. The van der Waals surface area contributed by atoms with E-state index in [0.717, 1.165) is 18.2 Å². The van der Waals surface area contributed by atoms with Crippen LogP contribution in [0.1, 0.15) is 35.3 Å². The normalized spacial score (nSPS) is 13.0. The second-order valence-corrected chi connectivity index (χ2v) is 8.04. The number of rotatable bonds is 7. The zero-order valence-corrected chi connectivity index (χ0v) is 20.4. The summed E-state index contributed by atoms with van der Waals surface area (Å²) in [6.07, 6.45) is -1.26. The molecule has 0 aromatic heterocycles. The SMILES string of the molecule is C=C.CC(NC(=O)c1ccc(C#Cc2ccc(NS(C)=O)cc2)cc1)C(C)(O)C(F)F.O=CNO. The lowest BCUT2D eigenvalue weighted by Crippen LogP contribution is -2.53. The molecule has 2 aromatic carbocycles. The molecule has 3 atom stereocenters. The summed E-state index contributed by atoms with van der Waals surface area (Å²) in [7, 11) is -1.14. The number of hydrogen-bond donors (Lipinski definition) is 5. The molecule has 2 aromatic rings. The molecule has 0 spiro atoms. The summed E-state index contributed by atoms with van der Waals surface area (Å²) in [6.45, 7) is 8.30. The highest BCUT2D eigenvalue weighted by molar-refractivity contribution is 7.85. The van der Waals surface area contributed by atoms with Crippen molar-refractivity contribution in [3.63, 3.8) is 0 Å². The Bertz CT molecular complexity index is 1020. The van der Waals surface area contributed by atoms with Gasteiger partial charge in [0.05, 0.1) is 6.04 Å². The van der Waals surface area contributed by atoms with Crippen molar-refractivity contribution in [2.75, 3.05) is 11.0 Å². The van der Waals surface area contributed by atoms with E-state index >= 15 is 0 Å². The van der Waals surface area contributed by atoms with Gasteiger partial charge in [0, 0.05) is 28.6 Å². The maximum atomic E-state index is 12.8. The molecular weight excluding hydrogens is 480 g/mol. The van der Waals surface area contributed by atoms with Crippen LogP contribution in [0.3, 0.4) is 0 Å². The Kier molecular flexibility index (Phi) is 14.5. The van der Waals surface area contributed by atoms with Gasteiger partial charge in [0.25, 0.3) is 12.3 Å². The first-order chi connectivity index (χ1) is 16.5. The van der Waals surface area contributed by atoms with Crippen molar-refractivity contribution in [3.8, 4) is 11.8 Å². The second-order valence-electron chi connectivity index (χ2n) is 6.93. The van der Waals surface area contributed by atoms with Gasteiger partial charge in [0.15, 0.2) is 0 Å². The number of carbonyl (C=O) groups excluding carboxylic acids is 2. The Hall–Kier alpha value is -3.59. The number of hydroxylamine groups is 1. The molecule has 0 fully saturated rings. The lowest BCUT2D eigenvalue weighted by atomic mass is 9.98. The predicted molar refractivity (Wildman–Crippen MR) is 132 cm³/mol. The van der Waals surface area contributed by atoms with Crippen LogP contribution >= 0.6 is 0 Å². The van der Waals surface area contributed by atoms with Crippen molar-refractivity contribution in [2.45, 2.75) is 31.9 Å². The van der Waals surface area contributed by atoms with Crippen molar-refractivity contribution in [2.24, 2.45) is 0 Å². The largest absolute Gasteiger partial charge is 0.382 e. The van der Waals surface area contributed by atoms with Crippen LogP contribution < -0.4 is 15.5 Å². The van der Waals surface area contributed by atoms with Crippen molar-refractivity contribution in [3.05, 3.63) is 78.4 Å². The number of alkyl halides is 2. The number of carbonyl (C=O) groups is 2. The molecular formula is C24H29F2N3O5S. The highest BCUT2D eigenvalue weighted by atomic mass is 32.2. The van der Waals surface area contributed by atoms with Gasteiger partial charge in [-0.3, -0.25) is 14.8 Å². The molecule has 0 aliphatic heterocycles. The summed E-state index contributed by atoms with van der Waals surface area (Å²) < 4.78 is 39.6. The predicted octanol–water partition coefficient (Wildman–Crippen LogP) is 2.85. The molecule has 0 heterocycles. The van der Waals surface area contributed by atoms with Crippen LogP contribution in [0, 0.1) is 11.8 Å². The minimum atomic E-state index is -2.98. The summed E-state index contributed by atoms with van der Waals surface area (Å²) >= 11 is 0. The van der Waals surface area contributed by atoms with Gasteiger partial charge in [-0.05, 0) is 62.4 Å². The first-order valence-corrected chi connectivity index (χ1v) is 11.5. The van der Waals surface area contributed by atoms with Crippen LogP contribution in [0.2, 0.25) is 0 Å². The van der Waals surface area contributed by atoms with Gasteiger partial charge in [-0.1, -0.05) is 11.8 Å². The van der Waals surface area contributed by atoms with E-state index in [1.54, 1.807) is 42.7 Å². The zero-order valence-electron chi connectivity index (χ0n) is 19.5. The highest BCUT2D eigenvalue weighted by Crippen LogP contribution is 2.19. The molecule has 0 saturated heterocycles. The summed E-state index contributed by atoms with van der Waals surface area (Å²) in [5, 5.41) is 19.4. The fraction of sp³-hybridized carbons (Fsp3) is 0.250. The summed E-state index contributed by atoms with van der Waals surface area (Å²) in [4.78, 5) is 21.0. The van der Waals surface area contributed by atoms with Crippen LogP contribution in [0.5, 0.6) is 0 Å². The van der Waals surface area contributed by atoms with Gasteiger partial charge >= 0.3 is 0 Å². The molecule has 3 unspecified atom stereocenters. The van der Waals surface area contributed by atoms with Crippen molar-refractivity contribution < 1.29 is 32.9 Å². The van der Waals surface area contributed by atoms with Crippen molar-refractivity contribution in [1.82, 2.24) is 10.8 Å².